The predicted octanol–water partition coefficient (Wildman–Crippen LogP) is 13.7. The number of anilines is 3. The van der Waals surface area contributed by atoms with Crippen LogP contribution in [0.25, 0.3) is 0 Å². The number of carbonyl (C=O) groups is 6. The Hall–Kier alpha value is -12.3. The highest BCUT2D eigenvalue weighted by Gasteiger charge is 2.42. The Morgan fingerprint density at radius 3 is 0.798 bits per heavy atom. The first kappa shape index (κ1) is 51.2. The lowest BCUT2D eigenvalue weighted by molar-refractivity contribution is 0.0909. The minimum atomic E-state index is -0.606. The van der Waals surface area contributed by atoms with Crippen LogP contribution in [0.1, 0.15) is 95.5 Å². The summed E-state index contributed by atoms with van der Waals surface area (Å²) < 4.78 is 20.0. The minimum Gasteiger partial charge on any atom is -0.455 e. The first-order chi connectivity index (χ1) is 41.2. The number of fused-ring (bicyclic) bond motifs is 3. The van der Waals surface area contributed by atoms with E-state index in [0.29, 0.717) is 16.7 Å². The van der Waals surface area contributed by atoms with Crippen molar-refractivity contribution in [2.45, 2.75) is 0 Å². The van der Waals surface area contributed by atoms with Crippen LogP contribution in [0.2, 0.25) is 0 Å². The van der Waals surface area contributed by atoms with Gasteiger partial charge in [0.05, 0.1) is 50.4 Å². The van der Waals surface area contributed by atoms with E-state index >= 15 is 0 Å². The third-order valence-electron chi connectivity index (χ3n) is 13.9. The molecule has 0 radical (unpaired) electrons. The molecule has 10 aromatic carbocycles. The zero-order chi connectivity index (χ0) is 57.3. The molecule has 396 valence electrons. The number of hydrogen-bond donors (Lipinski definition) is 0. The van der Waals surface area contributed by atoms with E-state index in [2.05, 4.69) is 35.5 Å². The van der Waals surface area contributed by atoms with Crippen molar-refractivity contribution in [2.75, 3.05) is 14.7 Å². The fourth-order valence-corrected chi connectivity index (χ4v) is 10.1. The van der Waals surface area contributed by atoms with Gasteiger partial charge in [0.15, 0.2) is 17.2 Å². The highest BCUT2D eigenvalue weighted by atomic mass is 16.5. The van der Waals surface area contributed by atoms with Crippen LogP contribution in [0, 0.1) is 35.5 Å². The van der Waals surface area contributed by atoms with Gasteiger partial charge >= 0.3 is 0 Å². The largest absolute Gasteiger partial charge is 0.455 e. The number of ether oxygens (including phenoxy) is 3. The van der Waals surface area contributed by atoms with Gasteiger partial charge in [0.1, 0.15) is 17.2 Å². The molecule has 0 bridgehead atoms. The minimum absolute atomic E-state index is 0.0701. The molecule has 0 saturated carbocycles. The number of carbonyl (C=O) groups excluding carboxylic acids is 6. The summed E-state index contributed by atoms with van der Waals surface area (Å²) in [6, 6.07) is 66.8. The third kappa shape index (κ3) is 9.54. The third-order valence-corrected chi connectivity index (χ3v) is 13.9. The lowest BCUT2D eigenvalue weighted by Gasteiger charge is -2.21. The summed E-state index contributed by atoms with van der Waals surface area (Å²) in [5.74, 6) is 15.4. The van der Waals surface area contributed by atoms with Crippen LogP contribution >= 0.6 is 0 Å². The Balaban J connectivity index is 0.867. The number of nitrogens with zero attached hydrogens (tertiary/aromatic N) is 3. The second-order valence-corrected chi connectivity index (χ2v) is 19.2. The molecule has 84 heavy (non-hydrogen) atoms. The van der Waals surface area contributed by atoms with E-state index in [4.69, 9.17) is 14.2 Å². The quantitative estimate of drug-likeness (QED) is 0.102. The molecule has 13 rings (SSSR count). The summed E-state index contributed by atoms with van der Waals surface area (Å²) in [7, 11) is 0. The van der Waals surface area contributed by atoms with Crippen LogP contribution < -0.4 is 28.9 Å². The Kier molecular flexibility index (Phi) is 13.2. The van der Waals surface area contributed by atoms with Crippen molar-refractivity contribution in [3.8, 4) is 70.0 Å². The van der Waals surface area contributed by atoms with Crippen LogP contribution in [0.5, 0.6) is 34.5 Å². The second kappa shape index (κ2) is 21.7. The fourth-order valence-electron chi connectivity index (χ4n) is 10.1. The molecular weight excluding hydrogens is 1050 g/mol. The molecule has 0 aromatic heterocycles. The second-order valence-electron chi connectivity index (χ2n) is 19.2. The van der Waals surface area contributed by atoms with Gasteiger partial charge in [0.25, 0.3) is 35.4 Å². The summed E-state index contributed by atoms with van der Waals surface area (Å²) in [5.41, 5.74) is 4.61. The van der Waals surface area contributed by atoms with E-state index in [1.807, 2.05) is 91.0 Å². The molecule has 0 unspecified atom stereocenters. The van der Waals surface area contributed by atoms with Gasteiger partial charge in [0.2, 0.25) is 0 Å². The standard InChI is InChI=1S/C72H39N3O9/c76-67-55-28-16-25-49(40-37-46-19-4-1-5-20-46)64(55)70(79)73(67)58-31-10-13-34-61(58)82-52-43-53(83-62-35-14-11-32-59(62)74-68(77)56-29-17-26-50(65(56)71(74)80)41-38-47-21-6-2-7-22-47)45-54(44-52)84-63-36-15-12-33-60(63)75-69(78)57-30-18-27-51(66(57)72(75)81)42-39-48-23-8-3-9-24-48/h1-36,43-45H. The average Bonchev–Trinajstić information content (AvgIpc) is 3.14. The molecule has 6 amide bonds. The highest BCUT2D eigenvalue weighted by Crippen LogP contribution is 2.45. The monoisotopic (exact) mass is 1090 g/mol. The lowest BCUT2D eigenvalue weighted by atomic mass is 10.0. The van der Waals surface area contributed by atoms with E-state index in [9.17, 15) is 28.8 Å². The Morgan fingerprint density at radius 2 is 0.512 bits per heavy atom. The maximum Gasteiger partial charge on any atom is 0.267 e. The molecule has 12 heteroatoms. The van der Waals surface area contributed by atoms with Crippen LogP contribution in [-0.4, -0.2) is 35.4 Å². The van der Waals surface area contributed by atoms with Gasteiger partial charge in [-0.2, -0.15) is 0 Å². The summed E-state index contributed by atoms with van der Waals surface area (Å²) in [6.07, 6.45) is 0. The van der Waals surface area contributed by atoms with E-state index in [1.165, 1.54) is 18.2 Å². The number of benzene rings is 10. The molecule has 0 saturated heterocycles. The topological polar surface area (TPSA) is 140 Å². The maximum absolute atomic E-state index is 14.5. The molecule has 0 atom stereocenters. The summed E-state index contributed by atoms with van der Waals surface area (Å²) >= 11 is 0. The molecule has 3 heterocycles. The van der Waals surface area contributed by atoms with E-state index in [1.54, 1.807) is 127 Å². The molecule has 0 N–H and O–H groups in total. The number of amides is 6. The summed E-state index contributed by atoms with van der Waals surface area (Å²) in [6.45, 7) is 0. The van der Waals surface area contributed by atoms with Crippen molar-refractivity contribution in [3.05, 3.63) is 303 Å². The lowest BCUT2D eigenvalue weighted by Crippen LogP contribution is -2.30. The van der Waals surface area contributed by atoms with Crippen molar-refractivity contribution in [3.63, 3.8) is 0 Å². The van der Waals surface area contributed by atoms with Crippen molar-refractivity contribution < 1.29 is 43.0 Å². The SMILES string of the molecule is O=C1c2cccc(C#Cc3ccccc3)c2C(=O)N1c1ccccc1Oc1cc(Oc2ccccc2N2C(=O)c3cccc(C#Cc4ccccc4)c3C2=O)cc(Oc2ccccc2N2C(=O)c3cccc(C#Cc4ccccc4)c3C2=O)c1. The first-order valence-electron chi connectivity index (χ1n) is 26.4. The zero-order valence-electron chi connectivity index (χ0n) is 44.0. The Labute approximate surface area is 481 Å². The normalized spacial score (nSPS) is 12.8. The van der Waals surface area contributed by atoms with Gasteiger partial charge in [-0.1, -0.05) is 145 Å². The van der Waals surface area contributed by atoms with E-state index in [-0.39, 0.29) is 84.9 Å². The highest BCUT2D eigenvalue weighted by molar-refractivity contribution is 6.37. The van der Waals surface area contributed by atoms with Gasteiger partial charge in [-0.25, -0.2) is 14.7 Å². The van der Waals surface area contributed by atoms with Gasteiger partial charge in [0, 0.05) is 51.6 Å². The Bertz CT molecular complexity index is 4160. The first-order valence-corrected chi connectivity index (χ1v) is 26.4. The van der Waals surface area contributed by atoms with Crippen molar-refractivity contribution in [2.24, 2.45) is 0 Å². The predicted molar refractivity (Wildman–Crippen MR) is 316 cm³/mol. The van der Waals surface area contributed by atoms with Crippen LogP contribution in [-0.2, 0) is 0 Å². The van der Waals surface area contributed by atoms with Gasteiger partial charge in [-0.05, 0) is 109 Å². The average molecular weight is 1090 g/mol. The molecule has 10 aromatic rings. The zero-order valence-corrected chi connectivity index (χ0v) is 44.0. The molecule has 0 fully saturated rings. The Morgan fingerprint density at radius 1 is 0.250 bits per heavy atom. The fraction of sp³-hybridized carbons (Fsp3) is 0. The van der Waals surface area contributed by atoms with E-state index in [0.717, 1.165) is 31.4 Å². The maximum atomic E-state index is 14.5. The van der Waals surface area contributed by atoms with Gasteiger partial charge in [-0.15, -0.1) is 0 Å². The molecular formula is C72H39N3O9. The molecule has 12 nitrogen and oxygen atoms in total. The summed E-state index contributed by atoms with van der Waals surface area (Å²) in [4.78, 5) is 89.7. The molecule has 0 spiro atoms. The van der Waals surface area contributed by atoms with Crippen molar-refractivity contribution in [1.82, 2.24) is 0 Å². The van der Waals surface area contributed by atoms with Crippen molar-refractivity contribution in [1.29, 1.82) is 0 Å². The molecule has 3 aliphatic heterocycles. The van der Waals surface area contributed by atoms with Crippen LogP contribution in [0.15, 0.2) is 237 Å². The number of imide groups is 3. The molecule has 3 aliphatic rings. The van der Waals surface area contributed by atoms with Crippen LogP contribution in [0.3, 0.4) is 0 Å². The van der Waals surface area contributed by atoms with Gasteiger partial charge < -0.3 is 14.2 Å². The molecule has 0 aliphatic carbocycles. The van der Waals surface area contributed by atoms with Crippen LogP contribution in [0.4, 0.5) is 17.1 Å². The van der Waals surface area contributed by atoms with Gasteiger partial charge in [-0.3, -0.25) is 28.8 Å². The van der Waals surface area contributed by atoms with Crippen molar-refractivity contribution >= 4 is 52.5 Å². The number of para-hydroxylation sites is 6. The summed E-state index contributed by atoms with van der Waals surface area (Å²) in [5, 5.41) is 0. The number of hydrogen-bond acceptors (Lipinski definition) is 9. The smallest absolute Gasteiger partial charge is 0.267 e. The number of rotatable bonds is 9. The van der Waals surface area contributed by atoms with E-state index < -0.39 is 35.4 Å².